The third-order valence-electron chi connectivity index (χ3n) is 4.43. The molecule has 0 saturated carbocycles. The number of esters is 1. The molecule has 2 aliphatic rings. The molecule has 0 aromatic carbocycles. The third-order valence-corrected chi connectivity index (χ3v) is 4.43. The second kappa shape index (κ2) is 7.97. The Morgan fingerprint density at radius 1 is 1.25 bits per heavy atom. The molecule has 0 bridgehead atoms. The van der Waals surface area contributed by atoms with Gasteiger partial charge in [-0.25, -0.2) is 4.98 Å². The monoisotopic (exact) mass is 375 g/mol. The molecular formula is C22H21N3O3. The Hall–Kier alpha value is -3.59. The molecule has 2 aromatic rings. The van der Waals surface area contributed by atoms with Crippen LogP contribution in [0.2, 0.25) is 0 Å². The molecule has 0 spiro atoms. The van der Waals surface area contributed by atoms with Crippen molar-refractivity contribution in [3.63, 3.8) is 0 Å². The molecule has 142 valence electrons. The summed E-state index contributed by atoms with van der Waals surface area (Å²) in [7, 11) is 0. The number of aromatic nitrogens is 3. The Morgan fingerprint density at radius 3 is 2.46 bits per heavy atom. The maximum atomic E-state index is 12.0. The Bertz CT molecular complexity index is 1130. The van der Waals surface area contributed by atoms with Crippen LogP contribution < -0.4 is 5.56 Å². The minimum Gasteiger partial charge on any atom is -0.465 e. The van der Waals surface area contributed by atoms with Gasteiger partial charge in [0, 0.05) is 18.5 Å². The predicted octanol–water partition coefficient (Wildman–Crippen LogP) is 2.86. The maximum absolute atomic E-state index is 12.0. The largest absolute Gasteiger partial charge is 0.465 e. The van der Waals surface area contributed by atoms with Crippen molar-refractivity contribution in [2.24, 2.45) is 0 Å². The van der Waals surface area contributed by atoms with E-state index in [9.17, 15) is 9.59 Å². The number of pyridine rings is 1. The minimum absolute atomic E-state index is 0.106. The van der Waals surface area contributed by atoms with Crippen LogP contribution >= 0.6 is 0 Å². The van der Waals surface area contributed by atoms with Gasteiger partial charge in [-0.05, 0) is 49.4 Å². The smallest absolute Gasteiger partial charge is 0.326 e. The van der Waals surface area contributed by atoms with E-state index in [2.05, 4.69) is 36.0 Å². The van der Waals surface area contributed by atoms with E-state index in [1.807, 2.05) is 0 Å². The highest BCUT2D eigenvalue weighted by Crippen LogP contribution is 2.35. The van der Waals surface area contributed by atoms with Crippen LogP contribution in [-0.2, 0) is 16.1 Å². The number of imidazole rings is 1. The zero-order valence-corrected chi connectivity index (χ0v) is 16.1. The zero-order chi connectivity index (χ0) is 20.3. The lowest BCUT2D eigenvalue weighted by molar-refractivity contribution is -0.143. The van der Waals surface area contributed by atoms with Gasteiger partial charge in [-0.3, -0.25) is 9.59 Å². The maximum Gasteiger partial charge on any atom is 0.326 e. The van der Waals surface area contributed by atoms with E-state index < -0.39 is 5.97 Å². The summed E-state index contributed by atoms with van der Waals surface area (Å²) in [6, 6.07) is 9.64. The topological polar surface area (TPSA) is 66.1 Å². The average molecular weight is 375 g/mol. The summed E-state index contributed by atoms with van der Waals surface area (Å²) < 4.78 is 7.83. The third kappa shape index (κ3) is 3.89. The number of hydrogen-bond donors (Lipinski definition) is 0. The summed E-state index contributed by atoms with van der Waals surface area (Å²) in [6.45, 7) is 5.84. The summed E-state index contributed by atoms with van der Waals surface area (Å²) >= 11 is 0. The molecule has 0 N–H and O–H groups in total. The van der Waals surface area contributed by atoms with Gasteiger partial charge in [0.2, 0.25) is 0 Å². The first kappa shape index (κ1) is 19.2. The number of carbonyl (C=O) groups excluding carboxylic acids is 1. The lowest BCUT2D eigenvalue weighted by atomic mass is 9.88. The van der Waals surface area contributed by atoms with Crippen LogP contribution in [0.3, 0.4) is 0 Å². The van der Waals surface area contributed by atoms with Crippen LogP contribution in [0.4, 0.5) is 0 Å². The Balaban J connectivity index is 0.000000264. The minimum atomic E-state index is -0.444. The number of rotatable bonds is 4. The first-order valence-electron chi connectivity index (χ1n) is 8.93. The molecule has 6 nitrogen and oxygen atoms in total. The van der Waals surface area contributed by atoms with Gasteiger partial charge in [-0.1, -0.05) is 18.2 Å². The van der Waals surface area contributed by atoms with Gasteiger partial charge in [-0.15, -0.1) is 6.42 Å². The molecule has 2 aliphatic carbocycles. The first-order chi connectivity index (χ1) is 13.4. The molecule has 2 aromatic heterocycles. The van der Waals surface area contributed by atoms with Crippen LogP contribution in [-0.4, -0.2) is 26.7 Å². The normalized spacial score (nSPS) is 10.5. The standard InChI is InChI=1S/C15H15N3O3.C7H6/c1-4-12-9-18(11(3)16-12)13-6-7-17(14(19)8-13)10-15(20)21-5-2;1-5-4-6-2-3-7(5)6/h1,6-9H,5,10H2,2-3H3;2-4H,1H3. The molecule has 2 heterocycles. The average Bonchev–Trinajstić information content (AvgIpc) is 3.03. The lowest BCUT2D eigenvalue weighted by Gasteiger charge is -2.17. The van der Waals surface area contributed by atoms with E-state index in [0.29, 0.717) is 17.2 Å². The number of ether oxygens (including phenoxy) is 1. The fourth-order valence-electron chi connectivity index (χ4n) is 2.91. The Morgan fingerprint density at radius 2 is 2.04 bits per heavy atom. The van der Waals surface area contributed by atoms with E-state index in [1.165, 1.54) is 27.3 Å². The number of terminal acetylenes is 1. The van der Waals surface area contributed by atoms with Gasteiger partial charge in [0.1, 0.15) is 18.1 Å². The van der Waals surface area contributed by atoms with Crippen molar-refractivity contribution in [2.45, 2.75) is 27.3 Å². The summed E-state index contributed by atoms with van der Waals surface area (Å²) in [5, 5.41) is 0. The van der Waals surface area contributed by atoms with Crippen molar-refractivity contribution < 1.29 is 9.53 Å². The van der Waals surface area contributed by atoms with Gasteiger partial charge in [0.05, 0.1) is 12.3 Å². The SMILES string of the molecule is C#Cc1cn(-c2ccn(CC(=O)OCC)c(=O)c2)c(C)n1.Cc1cc2ccc1-2. The number of carbonyl (C=O) groups is 1. The van der Waals surface area contributed by atoms with Crippen LogP contribution in [0.1, 0.15) is 24.0 Å². The highest BCUT2D eigenvalue weighted by Gasteiger charge is 2.11. The second-order valence-electron chi connectivity index (χ2n) is 6.37. The van der Waals surface area contributed by atoms with E-state index >= 15 is 0 Å². The lowest BCUT2D eigenvalue weighted by Crippen LogP contribution is -2.24. The molecule has 0 aliphatic heterocycles. The van der Waals surface area contributed by atoms with Gasteiger partial charge >= 0.3 is 5.97 Å². The van der Waals surface area contributed by atoms with Crippen molar-refractivity contribution >= 4 is 5.97 Å². The predicted molar refractivity (Wildman–Crippen MR) is 107 cm³/mol. The quantitative estimate of drug-likeness (QED) is 0.406. The summed E-state index contributed by atoms with van der Waals surface area (Å²) in [5.74, 6) is 2.69. The van der Waals surface area contributed by atoms with Crippen molar-refractivity contribution in [2.75, 3.05) is 6.61 Å². The first-order valence-corrected chi connectivity index (χ1v) is 8.93. The number of hydrogen-bond acceptors (Lipinski definition) is 4. The van der Waals surface area contributed by atoms with Crippen LogP contribution in [0.25, 0.3) is 16.8 Å². The van der Waals surface area contributed by atoms with Crippen molar-refractivity contribution in [3.05, 3.63) is 70.2 Å². The Labute approximate surface area is 163 Å². The molecule has 6 heteroatoms. The fraction of sp³-hybridized carbons (Fsp3) is 0.227. The second-order valence-corrected chi connectivity index (χ2v) is 6.37. The molecule has 28 heavy (non-hydrogen) atoms. The number of aryl methyl sites for hydroxylation is 2. The van der Waals surface area contributed by atoms with E-state index in [-0.39, 0.29) is 18.7 Å². The molecule has 0 unspecified atom stereocenters. The summed E-state index contributed by atoms with van der Waals surface area (Å²) in [5.41, 5.74) is 5.21. The molecule has 0 atom stereocenters. The van der Waals surface area contributed by atoms with Gasteiger partial charge in [0.25, 0.3) is 5.56 Å². The molecule has 0 amide bonds. The molecule has 4 rings (SSSR count). The molecule has 0 radical (unpaired) electrons. The van der Waals surface area contributed by atoms with Gasteiger partial charge in [-0.2, -0.15) is 0 Å². The van der Waals surface area contributed by atoms with Crippen LogP contribution in [0, 0.1) is 26.2 Å². The van der Waals surface area contributed by atoms with E-state index in [4.69, 9.17) is 11.2 Å². The zero-order valence-electron chi connectivity index (χ0n) is 16.1. The van der Waals surface area contributed by atoms with Crippen molar-refractivity contribution in [1.29, 1.82) is 0 Å². The number of nitrogens with zero attached hydrogens (tertiary/aromatic N) is 3. The number of benzene rings is 1. The van der Waals surface area contributed by atoms with Crippen molar-refractivity contribution in [1.82, 2.24) is 14.1 Å². The van der Waals surface area contributed by atoms with E-state index in [0.717, 1.165) is 0 Å². The molecular weight excluding hydrogens is 354 g/mol. The van der Waals surface area contributed by atoms with E-state index in [1.54, 1.807) is 36.9 Å². The van der Waals surface area contributed by atoms with Crippen LogP contribution in [0.5, 0.6) is 0 Å². The van der Waals surface area contributed by atoms with Crippen LogP contribution in [0.15, 0.2) is 47.5 Å². The highest BCUT2D eigenvalue weighted by molar-refractivity contribution is 5.80. The number of fused-ring (bicyclic) bond motifs is 1. The Kier molecular flexibility index (Phi) is 5.46. The van der Waals surface area contributed by atoms with Crippen molar-refractivity contribution in [3.8, 4) is 29.2 Å². The summed E-state index contributed by atoms with van der Waals surface area (Å²) in [4.78, 5) is 27.6. The van der Waals surface area contributed by atoms with Gasteiger partial charge < -0.3 is 13.9 Å². The highest BCUT2D eigenvalue weighted by atomic mass is 16.5. The fourth-order valence-corrected chi connectivity index (χ4v) is 2.91. The molecule has 0 saturated heterocycles. The molecule has 0 fully saturated rings. The summed E-state index contributed by atoms with van der Waals surface area (Å²) in [6.07, 6.45) is 8.53. The van der Waals surface area contributed by atoms with Gasteiger partial charge in [0.15, 0.2) is 0 Å².